The summed E-state index contributed by atoms with van der Waals surface area (Å²) >= 11 is 0. The Bertz CT molecular complexity index is 1580. The number of benzene rings is 2. The Morgan fingerprint density at radius 1 is 1.00 bits per heavy atom. The lowest BCUT2D eigenvalue weighted by Gasteiger charge is -2.19. The van der Waals surface area contributed by atoms with E-state index >= 15 is 0 Å². The quantitative estimate of drug-likeness (QED) is 0.425. The molecule has 8 nitrogen and oxygen atoms in total. The van der Waals surface area contributed by atoms with Crippen LogP contribution in [0.3, 0.4) is 0 Å². The maximum atomic E-state index is 13.4. The van der Waals surface area contributed by atoms with Crippen molar-refractivity contribution >= 4 is 16.6 Å². The van der Waals surface area contributed by atoms with Gasteiger partial charge in [0, 0.05) is 24.0 Å². The van der Waals surface area contributed by atoms with Crippen molar-refractivity contribution in [2.24, 2.45) is 0 Å². The molecule has 0 saturated carbocycles. The Morgan fingerprint density at radius 2 is 1.79 bits per heavy atom. The average Bonchev–Trinajstić information content (AvgIpc) is 3.20. The van der Waals surface area contributed by atoms with Gasteiger partial charge >= 0.3 is 0 Å². The summed E-state index contributed by atoms with van der Waals surface area (Å²) < 4.78 is 19.8. The van der Waals surface area contributed by atoms with Crippen LogP contribution in [0.15, 0.2) is 65.7 Å². The van der Waals surface area contributed by atoms with E-state index in [4.69, 9.17) is 19.3 Å². The number of methoxy groups -OCH3 is 1. The number of aryl methyl sites for hydroxylation is 1. The summed E-state index contributed by atoms with van der Waals surface area (Å²) in [6, 6.07) is 15.1. The van der Waals surface area contributed by atoms with Crippen molar-refractivity contribution in [1.82, 2.24) is 19.2 Å². The maximum absolute atomic E-state index is 13.4. The van der Waals surface area contributed by atoms with E-state index in [1.54, 1.807) is 28.6 Å². The van der Waals surface area contributed by atoms with Gasteiger partial charge in [-0.05, 0) is 42.8 Å². The highest BCUT2D eigenvalue weighted by atomic mass is 16.6. The van der Waals surface area contributed by atoms with Gasteiger partial charge in [0.2, 0.25) is 0 Å². The van der Waals surface area contributed by atoms with Gasteiger partial charge in [-0.3, -0.25) is 9.36 Å². The molecule has 0 radical (unpaired) electrons. The van der Waals surface area contributed by atoms with E-state index in [0.717, 1.165) is 22.6 Å². The molecular formula is C25H20N4O4. The fourth-order valence-electron chi connectivity index (χ4n) is 4.26. The summed E-state index contributed by atoms with van der Waals surface area (Å²) in [6.07, 6.45) is 3.37. The lowest BCUT2D eigenvalue weighted by Crippen LogP contribution is -2.20. The number of nitrogens with zero attached hydrogens (tertiary/aromatic N) is 4. The van der Waals surface area contributed by atoms with Crippen LogP contribution in [-0.2, 0) is 0 Å². The van der Waals surface area contributed by atoms with Crippen LogP contribution in [0.4, 0.5) is 0 Å². The molecule has 2 aromatic carbocycles. The Morgan fingerprint density at radius 3 is 2.58 bits per heavy atom. The predicted octanol–water partition coefficient (Wildman–Crippen LogP) is 3.79. The molecular weight excluding hydrogens is 420 g/mol. The third kappa shape index (κ3) is 3.02. The first kappa shape index (κ1) is 19.4. The number of ether oxygens (including phenoxy) is 3. The highest BCUT2D eigenvalue weighted by Crippen LogP contribution is 2.32. The van der Waals surface area contributed by atoms with Gasteiger partial charge < -0.3 is 14.2 Å². The molecule has 0 bridgehead atoms. The van der Waals surface area contributed by atoms with Crippen molar-refractivity contribution in [3.63, 3.8) is 0 Å². The normalized spacial score (nSPS) is 12.9. The molecule has 0 unspecified atom stereocenters. The van der Waals surface area contributed by atoms with Gasteiger partial charge in [-0.2, -0.15) is 5.10 Å². The van der Waals surface area contributed by atoms with E-state index in [9.17, 15) is 4.79 Å². The first-order chi connectivity index (χ1) is 16.1. The second-order valence-electron chi connectivity index (χ2n) is 7.80. The fourth-order valence-corrected chi connectivity index (χ4v) is 4.26. The largest absolute Gasteiger partial charge is 0.497 e. The lowest BCUT2D eigenvalue weighted by atomic mass is 10.1. The van der Waals surface area contributed by atoms with E-state index in [1.165, 1.54) is 0 Å². The van der Waals surface area contributed by atoms with E-state index < -0.39 is 0 Å². The van der Waals surface area contributed by atoms with Crippen molar-refractivity contribution in [1.29, 1.82) is 0 Å². The minimum absolute atomic E-state index is 0.183. The molecule has 0 N–H and O–H groups in total. The smallest absolute Gasteiger partial charge is 0.266 e. The van der Waals surface area contributed by atoms with E-state index in [0.29, 0.717) is 47.0 Å². The molecule has 8 heteroatoms. The van der Waals surface area contributed by atoms with Crippen LogP contribution < -0.4 is 19.8 Å². The van der Waals surface area contributed by atoms with Crippen molar-refractivity contribution in [2.75, 3.05) is 20.3 Å². The van der Waals surface area contributed by atoms with Crippen LogP contribution in [0.1, 0.15) is 5.69 Å². The molecule has 5 aromatic rings. The summed E-state index contributed by atoms with van der Waals surface area (Å²) in [7, 11) is 1.64. The summed E-state index contributed by atoms with van der Waals surface area (Å²) in [5.41, 5.74) is 4.65. The van der Waals surface area contributed by atoms with Crippen LogP contribution in [-0.4, -0.2) is 39.5 Å². The molecule has 164 valence electrons. The zero-order valence-corrected chi connectivity index (χ0v) is 18.1. The predicted molar refractivity (Wildman–Crippen MR) is 124 cm³/mol. The monoisotopic (exact) mass is 440 g/mol. The summed E-state index contributed by atoms with van der Waals surface area (Å²) in [6.45, 7) is 2.95. The molecule has 1 aliphatic heterocycles. The van der Waals surface area contributed by atoms with Crippen LogP contribution in [0.25, 0.3) is 33.4 Å². The highest BCUT2D eigenvalue weighted by molar-refractivity contribution is 5.86. The minimum Gasteiger partial charge on any atom is -0.497 e. The standard InChI is InChI=1S/C25H20N4O4/c1-15-23(16-3-6-18(31-2)7-4-16)24-26-14-19-20(29(24)27-15)9-10-28(25(19)30)17-5-8-21-22(13-17)33-12-11-32-21/h3-10,13-14H,11-12H2,1-2H3. The van der Waals surface area contributed by atoms with E-state index in [-0.39, 0.29) is 5.56 Å². The molecule has 0 spiro atoms. The molecule has 0 saturated heterocycles. The number of hydrogen-bond donors (Lipinski definition) is 0. The van der Waals surface area contributed by atoms with E-state index in [1.807, 2.05) is 55.5 Å². The highest BCUT2D eigenvalue weighted by Gasteiger charge is 2.18. The number of aromatic nitrogens is 4. The van der Waals surface area contributed by atoms with Crippen molar-refractivity contribution in [2.45, 2.75) is 6.92 Å². The molecule has 4 heterocycles. The third-order valence-electron chi connectivity index (χ3n) is 5.87. The van der Waals surface area contributed by atoms with Crippen molar-refractivity contribution in [3.8, 4) is 34.1 Å². The second kappa shape index (κ2) is 7.37. The van der Waals surface area contributed by atoms with Crippen LogP contribution in [0, 0.1) is 6.92 Å². The molecule has 1 aliphatic rings. The number of fused-ring (bicyclic) bond motifs is 4. The molecule has 3 aromatic heterocycles. The van der Waals surface area contributed by atoms with Crippen LogP contribution >= 0.6 is 0 Å². The van der Waals surface area contributed by atoms with Gasteiger partial charge in [-0.25, -0.2) is 9.50 Å². The van der Waals surface area contributed by atoms with Crippen molar-refractivity contribution in [3.05, 3.63) is 77.0 Å². The van der Waals surface area contributed by atoms with Crippen LogP contribution in [0.5, 0.6) is 17.2 Å². The van der Waals surface area contributed by atoms with Gasteiger partial charge in [0.1, 0.15) is 19.0 Å². The first-order valence-corrected chi connectivity index (χ1v) is 10.6. The molecule has 0 aliphatic carbocycles. The first-order valence-electron chi connectivity index (χ1n) is 10.6. The summed E-state index contributed by atoms with van der Waals surface area (Å²) in [4.78, 5) is 18.0. The topological polar surface area (TPSA) is 79.9 Å². The van der Waals surface area contributed by atoms with Gasteiger partial charge in [-0.1, -0.05) is 12.1 Å². The number of hydrogen-bond acceptors (Lipinski definition) is 6. The van der Waals surface area contributed by atoms with E-state index in [2.05, 4.69) is 4.98 Å². The zero-order valence-electron chi connectivity index (χ0n) is 18.1. The zero-order chi connectivity index (χ0) is 22.5. The van der Waals surface area contributed by atoms with Gasteiger partial charge in [0.25, 0.3) is 5.56 Å². The van der Waals surface area contributed by atoms with Crippen LogP contribution in [0.2, 0.25) is 0 Å². The Balaban J connectivity index is 1.50. The lowest BCUT2D eigenvalue weighted by molar-refractivity contribution is 0.171. The molecule has 0 fully saturated rings. The van der Waals surface area contributed by atoms with Gasteiger partial charge in [-0.15, -0.1) is 0 Å². The number of rotatable bonds is 3. The SMILES string of the molecule is COc1ccc(-c2c(C)nn3c2ncc2c(=O)n(-c4ccc5c(c4)OCCO5)ccc23)cc1. The Labute approximate surface area is 188 Å². The molecule has 0 atom stereocenters. The second-order valence-corrected chi connectivity index (χ2v) is 7.80. The maximum Gasteiger partial charge on any atom is 0.266 e. The summed E-state index contributed by atoms with van der Waals surface area (Å²) in [5.74, 6) is 2.09. The Kier molecular flexibility index (Phi) is 4.33. The molecule has 6 rings (SSSR count). The fraction of sp³-hybridized carbons (Fsp3) is 0.160. The molecule has 0 amide bonds. The minimum atomic E-state index is -0.183. The average molecular weight is 440 g/mol. The van der Waals surface area contributed by atoms with Crippen molar-refractivity contribution < 1.29 is 14.2 Å². The summed E-state index contributed by atoms with van der Waals surface area (Å²) in [5, 5.41) is 5.18. The number of pyridine rings is 1. The van der Waals surface area contributed by atoms with Gasteiger partial charge in [0.15, 0.2) is 17.1 Å². The van der Waals surface area contributed by atoms with Gasteiger partial charge in [0.05, 0.1) is 29.4 Å². The Hall–Kier alpha value is -4.33. The third-order valence-corrected chi connectivity index (χ3v) is 5.87. The molecule has 33 heavy (non-hydrogen) atoms.